The molecule has 15 unspecified atom stereocenters. The minimum Gasteiger partial charge on any atom is -0.506 e. The van der Waals surface area contributed by atoms with E-state index < -0.39 is 116 Å². The second-order valence-corrected chi connectivity index (χ2v) is 21.7. The van der Waals surface area contributed by atoms with Gasteiger partial charge in [0.2, 0.25) is 18.3 Å². The first kappa shape index (κ1) is 55.9. The van der Waals surface area contributed by atoms with Crippen LogP contribution in [-0.4, -0.2) is 140 Å². The Hall–Kier alpha value is -2.68. The molecule has 0 aromatic rings. The predicted octanol–water partition coefficient (Wildman–Crippen LogP) is 5.45. The van der Waals surface area contributed by atoms with Crippen molar-refractivity contribution in [1.82, 2.24) is 0 Å². The smallest absolute Gasteiger partial charge is 0.259 e. The first-order valence-electron chi connectivity index (χ1n) is 23.9. The summed E-state index contributed by atoms with van der Waals surface area (Å²) in [4.78, 5) is 0. The lowest BCUT2D eigenvalue weighted by atomic mass is 9.38. The summed E-state index contributed by atoms with van der Waals surface area (Å²) in [6, 6.07) is 0. The number of hydrogen-bond donors (Lipinski definition) is 14. The maximum absolute atomic E-state index is 11.5. The zero-order valence-electron chi connectivity index (χ0n) is 40.6. The van der Waals surface area contributed by atoms with Crippen molar-refractivity contribution in [2.45, 2.75) is 188 Å². The van der Waals surface area contributed by atoms with E-state index in [2.05, 4.69) is 54.5 Å². The standard InChI is InChI=1S/C49H84O17/c1-26(28-16-20-49(9)34-14-13-29-30(12-11-27(2)45(29,3)4)47(34,7)21-22-48(28,49)8)10-15-35(46(5,6)63)65-44(62)41(66-43(61)40(59)37(56)32(53)18-24-51)38(57)33(54)19-25-64-42(60)39(58)36(55)31(52)17-23-50/h13,26-28,30-35,42-44,50-63H,10-12,14-25H2,1-9H3/b39-36+,40-37+,41-38-. The Kier molecular flexibility index (Phi) is 18.6. The quantitative estimate of drug-likeness (QED) is 0.0344. The van der Waals surface area contributed by atoms with E-state index in [4.69, 9.17) is 24.4 Å². The summed E-state index contributed by atoms with van der Waals surface area (Å²) in [5, 5.41) is 145. The third-order valence-electron chi connectivity index (χ3n) is 17.2. The Morgan fingerprint density at radius 3 is 1.80 bits per heavy atom. The zero-order chi connectivity index (χ0) is 49.9. The SMILES string of the molecule is CC(CCC(OC(O)/C(OC(O)/C(O)=C(\O)C(O)CCO)=C(/O)C(O)CCOC(O)/C(O)=C(\O)C(O)CCO)C(C)(C)O)C1CCC2(C)C3CC=C4C(CCC(C)C4(C)C)C3(C)CCC12C. The number of rotatable bonds is 23. The van der Waals surface area contributed by atoms with E-state index in [1.54, 1.807) is 5.57 Å². The maximum atomic E-state index is 11.5. The molecule has 4 rings (SSSR count). The predicted molar refractivity (Wildman–Crippen MR) is 243 cm³/mol. The van der Waals surface area contributed by atoms with Gasteiger partial charge in [-0.3, -0.25) is 0 Å². The second-order valence-electron chi connectivity index (χ2n) is 21.7. The van der Waals surface area contributed by atoms with Gasteiger partial charge in [-0.1, -0.05) is 60.1 Å². The van der Waals surface area contributed by atoms with Gasteiger partial charge in [-0.15, -0.1) is 0 Å². The van der Waals surface area contributed by atoms with Crippen molar-refractivity contribution < 1.29 is 85.7 Å². The second kappa shape index (κ2) is 22.0. The normalized spacial score (nSPS) is 33.5. The molecule has 382 valence electrons. The fourth-order valence-electron chi connectivity index (χ4n) is 12.4. The van der Waals surface area contributed by atoms with E-state index in [-0.39, 0.29) is 40.4 Å². The van der Waals surface area contributed by atoms with Crippen molar-refractivity contribution in [3.63, 3.8) is 0 Å². The molecule has 0 aliphatic heterocycles. The molecule has 17 nitrogen and oxygen atoms in total. The first-order valence-corrected chi connectivity index (χ1v) is 23.9. The van der Waals surface area contributed by atoms with Gasteiger partial charge in [0, 0.05) is 32.5 Å². The topological polar surface area (TPSA) is 311 Å². The number of ether oxygens (including phenoxy) is 3. The van der Waals surface area contributed by atoms with Gasteiger partial charge in [0.05, 0.1) is 18.3 Å². The molecule has 0 spiro atoms. The molecule has 4 aliphatic carbocycles. The van der Waals surface area contributed by atoms with Gasteiger partial charge in [-0.05, 0) is 123 Å². The van der Waals surface area contributed by atoms with Crippen LogP contribution in [0.1, 0.15) is 139 Å². The van der Waals surface area contributed by atoms with Crippen molar-refractivity contribution >= 4 is 0 Å². The molecule has 66 heavy (non-hydrogen) atoms. The van der Waals surface area contributed by atoms with Gasteiger partial charge in [0.1, 0.15) is 18.3 Å². The molecular formula is C49H84O17. The summed E-state index contributed by atoms with van der Waals surface area (Å²) in [7, 11) is 0. The molecule has 0 amide bonds. The maximum Gasteiger partial charge on any atom is 0.259 e. The highest BCUT2D eigenvalue weighted by Gasteiger charge is 2.67. The van der Waals surface area contributed by atoms with Crippen LogP contribution in [0.5, 0.6) is 0 Å². The molecule has 3 saturated carbocycles. The van der Waals surface area contributed by atoms with E-state index >= 15 is 0 Å². The molecule has 0 heterocycles. The van der Waals surface area contributed by atoms with Gasteiger partial charge in [-0.25, -0.2) is 0 Å². The lowest BCUT2D eigenvalue weighted by Gasteiger charge is -2.66. The highest BCUT2D eigenvalue weighted by molar-refractivity contribution is 5.30. The molecule has 0 saturated heterocycles. The highest BCUT2D eigenvalue weighted by Crippen LogP contribution is 2.75. The fourth-order valence-corrected chi connectivity index (χ4v) is 12.4. The first-order chi connectivity index (χ1) is 30.5. The summed E-state index contributed by atoms with van der Waals surface area (Å²) in [6.07, 6.45) is -3.97. The van der Waals surface area contributed by atoms with Crippen LogP contribution in [0.25, 0.3) is 0 Å². The molecule has 0 aromatic heterocycles. The van der Waals surface area contributed by atoms with Gasteiger partial charge in [0.25, 0.3) is 6.29 Å². The molecule has 3 fully saturated rings. The van der Waals surface area contributed by atoms with E-state index in [1.807, 2.05) is 0 Å². The van der Waals surface area contributed by atoms with E-state index in [0.29, 0.717) is 30.1 Å². The Morgan fingerprint density at radius 2 is 1.24 bits per heavy atom. The lowest BCUT2D eigenvalue weighted by Crippen LogP contribution is -2.58. The largest absolute Gasteiger partial charge is 0.506 e. The third-order valence-corrected chi connectivity index (χ3v) is 17.2. The molecule has 14 N–H and O–H groups in total. The van der Waals surface area contributed by atoms with Crippen LogP contribution in [0.2, 0.25) is 0 Å². The molecule has 0 aromatic carbocycles. The van der Waals surface area contributed by atoms with Gasteiger partial charge < -0.3 is 85.7 Å². The van der Waals surface area contributed by atoms with Crippen LogP contribution in [-0.2, 0) is 14.2 Å². The van der Waals surface area contributed by atoms with Crippen LogP contribution < -0.4 is 0 Å². The van der Waals surface area contributed by atoms with Crippen molar-refractivity contribution in [3.05, 3.63) is 46.2 Å². The van der Waals surface area contributed by atoms with Gasteiger partial charge in [-0.2, -0.15) is 0 Å². The number of hydrogen-bond acceptors (Lipinski definition) is 17. The van der Waals surface area contributed by atoms with E-state index in [1.165, 1.54) is 26.7 Å². The van der Waals surface area contributed by atoms with Crippen LogP contribution >= 0.6 is 0 Å². The zero-order valence-corrected chi connectivity index (χ0v) is 40.6. The molecule has 4 aliphatic rings. The summed E-state index contributed by atoms with van der Waals surface area (Å²) in [6.45, 7) is 18.1. The Labute approximate surface area is 390 Å². The van der Waals surface area contributed by atoms with Gasteiger partial charge >= 0.3 is 0 Å². The Morgan fingerprint density at radius 1 is 0.682 bits per heavy atom. The molecule has 15 atom stereocenters. The number of fused-ring (bicyclic) bond motifs is 5. The molecular weight excluding hydrogens is 861 g/mol. The van der Waals surface area contributed by atoms with Gasteiger partial charge in [0.15, 0.2) is 28.8 Å². The summed E-state index contributed by atoms with van der Waals surface area (Å²) in [5.74, 6) is -4.79. The van der Waals surface area contributed by atoms with Crippen molar-refractivity contribution in [3.8, 4) is 0 Å². The Bertz CT molecular complexity index is 1750. The number of allylic oxidation sites excluding steroid dienone is 2. The van der Waals surface area contributed by atoms with E-state index in [9.17, 15) is 61.3 Å². The van der Waals surface area contributed by atoms with Crippen molar-refractivity contribution in [1.29, 1.82) is 0 Å². The summed E-state index contributed by atoms with van der Waals surface area (Å²) in [5.41, 5.74) is 0.621. The minimum atomic E-state index is -2.59. The van der Waals surface area contributed by atoms with Crippen molar-refractivity contribution in [2.75, 3.05) is 19.8 Å². The average molecular weight is 945 g/mol. The van der Waals surface area contributed by atoms with Crippen LogP contribution in [0, 0.1) is 51.2 Å². The molecule has 0 bridgehead atoms. The molecule has 0 radical (unpaired) electrons. The van der Waals surface area contributed by atoms with E-state index in [0.717, 1.165) is 32.1 Å². The molecule has 17 heteroatoms. The number of aliphatic hydroxyl groups excluding tert-OH is 13. The summed E-state index contributed by atoms with van der Waals surface area (Å²) >= 11 is 0. The van der Waals surface area contributed by atoms with Crippen LogP contribution in [0.3, 0.4) is 0 Å². The highest BCUT2D eigenvalue weighted by atomic mass is 16.7. The lowest BCUT2D eigenvalue weighted by molar-refractivity contribution is -0.204. The number of aliphatic hydroxyl groups is 14. The van der Waals surface area contributed by atoms with Crippen molar-refractivity contribution in [2.24, 2.45) is 51.2 Å². The fraction of sp³-hybridized carbons (Fsp3) is 0.837. The van der Waals surface area contributed by atoms with Crippen LogP contribution in [0.4, 0.5) is 0 Å². The van der Waals surface area contributed by atoms with Crippen LogP contribution in [0.15, 0.2) is 46.2 Å². The third kappa shape index (κ3) is 11.3. The Balaban J connectivity index is 1.54. The monoisotopic (exact) mass is 945 g/mol. The minimum absolute atomic E-state index is 0.0496. The average Bonchev–Trinajstić information content (AvgIpc) is 3.53. The summed E-state index contributed by atoms with van der Waals surface area (Å²) < 4.78 is 16.2.